The van der Waals surface area contributed by atoms with Crippen LogP contribution in [0.1, 0.15) is 6.42 Å². The van der Waals surface area contributed by atoms with Crippen molar-refractivity contribution >= 4 is 37.8 Å². The van der Waals surface area contributed by atoms with Crippen LogP contribution in [0.5, 0.6) is 5.88 Å². The fourth-order valence-corrected chi connectivity index (χ4v) is 5.53. The molecule has 0 unspecified atom stereocenters. The van der Waals surface area contributed by atoms with Crippen LogP contribution in [-0.4, -0.2) is 67.8 Å². The Balaban J connectivity index is 1.23. The molecule has 38 heavy (non-hydrogen) atoms. The van der Waals surface area contributed by atoms with Crippen molar-refractivity contribution in [3.8, 4) is 17.3 Å². The molecule has 4 heterocycles. The van der Waals surface area contributed by atoms with Crippen LogP contribution in [0.3, 0.4) is 0 Å². The van der Waals surface area contributed by atoms with E-state index in [2.05, 4.69) is 56.3 Å². The maximum absolute atomic E-state index is 11.4. The number of sulfone groups is 1. The van der Waals surface area contributed by atoms with Gasteiger partial charge < -0.3 is 19.0 Å². The molecule has 1 saturated heterocycles. The van der Waals surface area contributed by atoms with Gasteiger partial charge >= 0.3 is 0 Å². The number of piperazine rings is 1. The molecule has 1 fully saturated rings. The van der Waals surface area contributed by atoms with Gasteiger partial charge in [0.1, 0.15) is 21.1 Å². The van der Waals surface area contributed by atoms with Gasteiger partial charge in [0.15, 0.2) is 11.4 Å². The Morgan fingerprint density at radius 1 is 0.947 bits per heavy atom. The maximum atomic E-state index is 11.4. The molecule has 196 valence electrons. The molecule has 0 N–H and O–H groups in total. The topological polar surface area (TPSA) is 93.2 Å². The Hall–Kier alpha value is -4.05. The second-order valence-corrected chi connectivity index (χ2v) is 11.8. The highest BCUT2D eigenvalue weighted by atomic mass is 32.2. The van der Waals surface area contributed by atoms with Crippen LogP contribution in [0.25, 0.3) is 28.1 Å². The van der Waals surface area contributed by atoms with Gasteiger partial charge in [-0.05, 0) is 42.8 Å². The Bertz CT molecular complexity index is 1670. The van der Waals surface area contributed by atoms with Crippen molar-refractivity contribution in [2.45, 2.75) is 6.42 Å². The summed E-state index contributed by atoms with van der Waals surface area (Å²) in [6.45, 7) is 4.02. The normalized spacial score (nSPS) is 14.4. The van der Waals surface area contributed by atoms with Crippen LogP contribution in [0.4, 0.5) is 11.4 Å². The van der Waals surface area contributed by atoms with Crippen molar-refractivity contribution in [3.05, 3.63) is 72.9 Å². The summed E-state index contributed by atoms with van der Waals surface area (Å²) in [5.74, 6) is 1.15. The van der Waals surface area contributed by atoms with Crippen molar-refractivity contribution < 1.29 is 17.6 Å². The number of nitrogens with zero attached hydrogens (tertiary/aromatic N) is 5. The highest BCUT2D eigenvalue weighted by Crippen LogP contribution is 2.35. The molecule has 5 aromatic rings. The van der Waals surface area contributed by atoms with E-state index in [0.29, 0.717) is 23.7 Å². The van der Waals surface area contributed by atoms with E-state index in [4.69, 9.17) is 9.15 Å². The zero-order chi connectivity index (χ0) is 26.1. The number of hydrogen-bond donors (Lipinski definition) is 0. The smallest absolute Gasteiger partial charge is 0.231 e. The van der Waals surface area contributed by atoms with Crippen molar-refractivity contribution in [1.82, 2.24) is 14.6 Å². The number of rotatable bonds is 8. The Kier molecular flexibility index (Phi) is 6.40. The zero-order valence-electron chi connectivity index (χ0n) is 21.2. The van der Waals surface area contributed by atoms with Gasteiger partial charge in [-0.15, -0.1) is 5.10 Å². The summed E-state index contributed by atoms with van der Waals surface area (Å²) in [4.78, 5) is 9.31. The summed E-state index contributed by atoms with van der Waals surface area (Å²) in [5.41, 5.74) is 4.61. The number of para-hydroxylation sites is 1. The number of hydrogen-bond acceptors (Lipinski definition) is 8. The first-order chi connectivity index (χ1) is 18.4. The molecule has 0 atom stereocenters. The third-order valence-corrected chi connectivity index (χ3v) is 7.81. The number of anilines is 2. The second kappa shape index (κ2) is 10.0. The van der Waals surface area contributed by atoms with Gasteiger partial charge in [-0.3, -0.25) is 0 Å². The first kappa shape index (κ1) is 24.3. The molecular formula is C28H29N5O4S. The maximum Gasteiger partial charge on any atom is 0.231 e. The fourth-order valence-electron chi connectivity index (χ4n) is 4.89. The Morgan fingerprint density at radius 3 is 2.53 bits per heavy atom. The first-order valence-electron chi connectivity index (χ1n) is 12.7. The van der Waals surface area contributed by atoms with Crippen molar-refractivity contribution in [3.63, 3.8) is 0 Å². The van der Waals surface area contributed by atoms with E-state index in [1.807, 2.05) is 24.3 Å². The van der Waals surface area contributed by atoms with Gasteiger partial charge in [0.2, 0.25) is 5.88 Å². The molecule has 0 radical (unpaired) electrons. The summed E-state index contributed by atoms with van der Waals surface area (Å²) in [7, 11) is -3.02. The number of benzene rings is 2. The molecule has 1 aliphatic heterocycles. The van der Waals surface area contributed by atoms with E-state index in [0.717, 1.165) is 48.5 Å². The number of aromatic nitrogens is 3. The SMILES string of the molecule is CS(=O)(=O)CCCOc1ccc2ncc(-c3cc4c(N5CCN(c6ccccc6)CC5)cccc4o3)n2n1. The van der Waals surface area contributed by atoms with Gasteiger partial charge in [-0.1, -0.05) is 24.3 Å². The molecule has 3 aromatic heterocycles. The summed E-state index contributed by atoms with van der Waals surface area (Å²) in [6.07, 6.45) is 3.37. The van der Waals surface area contributed by atoms with Crippen LogP contribution in [-0.2, 0) is 9.84 Å². The Morgan fingerprint density at radius 2 is 1.74 bits per heavy atom. The lowest BCUT2D eigenvalue weighted by Crippen LogP contribution is -2.46. The van der Waals surface area contributed by atoms with E-state index in [9.17, 15) is 8.42 Å². The highest BCUT2D eigenvalue weighted by Gasteiger charge is 2.21. The molecule has 9 nitrogen and oxygen atoms in total. The minimum Gasteiger partial charge on any atom is -0.477 e. The minimum absolute atomic E-state index is 0.0776. The molecule has 2 aromatic carbocycles. The summed E-state index contributed by atoms with van der Waals surface area (Å²) in [5, 5.41) is 5.63. The van der Waals surface area contributed by atoms with E-state index >= 15 is 0 Å². The highest BCUT2D eigenvalue weighted by molar-refractivity contribution is 7.90. The summed E-state index contributed by atoms with van der Waals surface area (Å²) >= 11 is 0. The first-order valence-corrected chi connectivity index (χ1v) is 14.7. The number of ether oxygens (including phenoxy) is 1. The zero-order valence-corrected chi connectivity index (χ0v) is 22.0. The third-order valence-electron chi connectivity index (χ3n) is 6.78. The van der Waals surface area contributed by atoms with Gasteiger partial charge in [0.25, 0.3) is 0 Å². The predicted molar refractivity (Wildman–Crippen MR) is 149 cm³/mol. The molecule has 0 amide bonds. The lowest BCUT2D eigenvalue weighted by molar-refractivity contribution is 0.301. The second-order valence-electron chi connectivity index (χ2n) is 9.53. The molecular weight excluding hydrogens is 502 g/mol. The van der Waals surface area contributed by atoms with Crippen LogP contribution in [0.2, 0.25) is 0 Å². The van der Waals surface area contributed by atoms with E-state index in [-0.39, 0.29) is 12.4 Å². The molecule has 1 aliphatic rings. The molecule has 6 rings (SSSR count). The van der Waals surface area contributed by atoms with E-state index < -0.39 is 9.84 Å². The summed E-state index contributed by atoms with van der Waals surface area (Å²) in [6, 6.07) is 22.3. The minimum atomic E-state index is -3.02. The third kappa shape index (κ3) is 5.04. The van der Waals surface area contributed by atoms with Crippen molar-refractivity contribution in [2.24, 2.45) is 0 Å². The number of fused-ring (bicyclic) bond motifs is 2. The molecule has 0 saturated carbocycles. The van der Waals surface area contributed by atoms with Crippen LogP contribution in [0.15, 0.2) is 77.3 Å². The van der Waals surface area contributed by atoms with Gasteiger partial charge in [0, 0.05) is 55.3 Å². The summed E-state index contributed by atoms with van der Waals surface area (Å²) < 4.78 is 36.4. The average Bonchev–Trinajstić information content (AvgIpc) is 3.55. The van der Waals surface area contributed by atoms with Crippen molar-refractivity contribution in [2.75, 3.05) is 54.6 Å². The predicted octanol–water partition coefficient (Wildman–Crippen LogP) is 4.28. The lowest BCUT2D eigenvalue weighted by atomic mass is 10.1. The molecule has 0 spiro atoms. The van der Waals surface area contributed by atoms with Crippen LogP contribution >= 0.6 is 0 Å². The Labute approximate surface area is 221 Å². The van der Waals surface area contributed by atoms with Crippen molar-refractivity contribution in [1.29, 1.82) is 0 Å². The van der Waals surface area contributed by atoms with Gasteiger partial charge in [0.05, 0.1) is 18.6 Å². The quantitative estimate of drug-likeness (QED) is 0.274. The van der Waals surface area contributed by atoms with Crippen LogP contribution in [0, 0.1) is 0 Å². The van der Waals surface area contributed by atoms with Gasteiger partial charge in [-0.2, -0.15) is 0 Å². The monoisotopic (exact) mass is 531 g/mol. The van der Waals surface area contributed by atoms with E-state index in [1.165, 1.54) is 11.9 Å². The largest absolute Gasteiger partial charge is 0.477 e. The fraction of sp³-hybridized carbons (Fsp3) is 0.286. The van der Waals surface area contributed by atoms with E-state index in [1.54, 1.807) is 16.8 Å². The van der Waals surface area contributed by atoms with Crippen LogP contribution < -0.4 is 14.5 Å². The standard InChI is InChI=1S/C28H29N5O4S/c1-38(34,35)18-6-17-36-28-12-11-27-29-20-24(33(27)30-28)26-19-22-23(9-5-10-25(22)37-26)32-15-13-31(14-16-32)21-7-3-2-4-8-21/h2-5,7-12,19-20H,6,13-18H2,1H3. The van der Waals surface area contributed by atoms with Gasteiger partial charge in [-0.25, -0.2) is 17.9 Å². The molecule has 0 bridgehead atoms. The number of furan rings is 1. The number of imidazole rings is 1. The lowest BCUT2D eigenvalue weighted by Gasteiger charge is -2.37. The average molecular weight is 532 g/mol. The molecule has 0 aliphatic carbocycles. The molecule has 10 heteroatoms.